The fourth-order valence-electron chi connectivity index (χ4n) is 2.56. The summed E-state index contributed by atoms with van der Waals surface area (Å²) >= 11 is 0. The fraction of sp³-hybridized carbons (Fsp3) is 0.684. The van der Waals surface area contributed by atoms with Crippen molar-refractivity contribution in [1.82, 2.24) is 5.32 Å². The van der Waals surface area contributed by atoms with Crippen molar-refractivity contribution >= 4 is 0 Å². The molecule has 1 N–H and O–H groups in total. The fourth-order valence-corrected chi connectivity index (χ4v) is 2.56. The van der Waals surface area contributed by atoms with E-state index in [1.165, 1.54) is 49.7 Å². The van der Waals surface area contributed by atoms with Crippen LogP contribution < -0.4 is 5.32 Å². The Morgan fingerprint density at radius 2 is 1.71 bits per heavy atom. The number of hydrogen-bond acceptors (Lipinski definition) is 2. The number of rotatable bonds is 12. The maximum absolute atomic E-state index is 5.86. The SMILES string of the molecule is CCCCCCOCC(NCC)c1ccc(CCC)cc1. The summed E-state index contributed by atoms with van der Waals surface area (Å²) < 4.78 is 5.86. The van der Waals surface area contributed by atoms with Crippen LogP contribution in [0.5, 0.6) is 0 Å². The molecule has 0 saturated heterocycles. The number of ether oxygens (including phenoxy) is 1. The van der Waals surface area contributed by atoms with Crippen LogP contribution in [0.4, 0.5) is 0 Å². The Labute approximate surface area is 131 Å². The van der Waals surface area contributed by atoms with Gasteiger partial charge in [-0.15, -0.1) is 0 Å². The van der Waals surface area contributed by atoms with Crippen molar-refractivity contribution in [3.05, 3.63) is 35.4 Å². The Bertz CT molecular complexity index is 347. The van der Waals surface area contributed by atoms with Crippen molar-refractivity contribution in [2.75, 3.05) is 19.8 Å². The van der Waals surface area contributed by atoms with E-state index in [4.69, 9.17) is 4.74 Å². The van der Waals surface area contributed by atoms with Gasteiger partial charge >= 0.3 is 0 Å². The normalized spacial score (nSPS) is 12.5. The van der Waals surface area contributed by atoms with Crippen LogP contribution in [-0.4, -0.2) is 19.8 Å². The van der Waals surface area contributed by atoms with Gasteiger partial charge in [0, 0.05) is 6.61 Å². The quantitative estimate of drug-likeness (QED) is 0.554. The maximum Gasteiger partial charge on any atom is 0.0661 e. The van der Waals surface area contributed by atoms with E-state index >= 15 is 0 Å². The van der Waals surface area contributed by atoms with E-state index in [0.717, 1.165) is 19.8 Å². The lowest BCUT2D eigenvalue weighted by molar-refractivity contribution is 0.108. The summed E-state index contributed by atoms with van der Waals surface area (Å²) in [6.07, 6.45) is 7.44. The van der Waals surface area contributed by atoms with Gasteiger partial charge in [0.05, 0.1) is 12.6 Å². The average Bonchev–Trinajstić information content (AvgIpc) is 2.51. The Morgan fingerprint density at radius 3 is 2.33 bits per heavy atom. The molecule has 2 heteroatoms. The molecule has 0 aliphatic heterocycles. The molecule has 120 valence electrons. The maximum atomic E-state index is 5.86. The van der Waals surface area contributed by atoms with Gasteiger partial charge in [-0.3, -0.25) is 0 Å². The smallest absolute Gasteiger partial charge is 0.0661 e. The Morgan fingerprint density at radius 1 is 0.952 bits per heavy atom. The van der Waals surface area contributed by atoms with Crippen LogP contribution in [0, 0.1) is 0 Å². The van der Waals surface area contributed by atoms with E-state index in [1.54, 1.807) is 0 Å². The largest absolute Gasteiger partial charge is 0.379 e. The predicted octanol–water partition coefficient (Wildman–Crippen LogP) is 4.89. The molecule has 0 heterocycles. The van der Waals surface area contributed by atoms with E-state index in [2.05, 4.69) is 50.4 Å². The van der Waals surface area contributed by atoms with Gasteiger partial charge in [-0.1, -0.05) is 70.7 Å². The van der Waals surface area contributed by atoms with Gasteiger partial charge in [0.15, 0.2) is 0 Å². The van der Waals surface area contributed by atoms with E-state index in [0.29, 0.717) is 6.04 Å². The zero-order valence-corrected chi connectivity index (χ0v) is 14.2. The van der Waals surface area contributed by atoms with Gasteiger partial charge in [-0.2, -0.15) is 0 Å². The molecule has 0 fully saturated rings. The molecule has 21 heavy (non-hydrogen) atoms. The monoisotopic (exact) mass is 291 g/mol. The van der Waals surface area contributed by atoms with E-state index < -0.39 is 0 Å². The van der Waals surface area contributed by atoms with Gasteiger partial charge in [0.2, 0.25) is 0 Å². The number of hydrogen-bond donors (Lipinski definition) is 1. The third kappa shape index (κ3) is 7.63. The van der Waals surface area contributed by atoms with Crippen LogP contribution in [-0.2, 0) is 11.2 Å². The molecule has 1 atom stereocenters. The van der Waals surface area contributed by atoms with Gasteiger partial charge in [-0.25, -0.2) is 0 Å². The average molecular weight is 291 g/mol. The van der Waals surface area contributed by atoms with Crippen LogP contribution >= 0.6 is 0 Å². The summed E-state index contributed by atoms with van der Waals surface area (Å²) in [5, 5.41) is 3.53. The zero-order chi connectivity index (χ0) is 15.3. The molecule has 0 aliphatic carbocycles. The van der Waals surface area contributed by atoms with Crippen LogP contribution in [0.1, 0.15) is 70.0 Å². The molecule has 2 nitrogen and oxygen atoms in total. The first-order valence-corrected chi connectivity index (χ1v) is 8.71. The highest BCUT2D eigenvalue weighted by atomic mass is 16.5. The number of likely N-dealkylation sites (N-methyl/N-ethyl adjacent to an activating group) is 1. The Kier molecular flexibility index (Phi) is 10.2. The van der Waals surface area contributed by atoms with E-state index in [9.17, 15) is 0 Å². The first-order valence-electron chi connectivity index (χ1n) is 8.71. The molecular formula is C19H33NO. The highest BCUT2D eigenvalue weighted by Crippen LogP contribution is 2.15. The third-order valence-corrected chi connectivity index (χ3v) is 3.80. The summed E-state index contributed by atoms with van der Waals surface area (Å²) in [7, 11) is 0. The standard InChI is InChI=1S/C19H33NO/c1-4-7-8-9-15-21-16-19(20-6-3)18-13-11-17(10-5-2)12-14-18/h11-14,19-20H,4-10,15-16H2,1-3H3. The van der Waals surface area contributed by atoms with Crippen molar-refractivity contribution in [3.63, 3.8) is 0 Å². The van der Waals surface area contributed by atoms with Gasteiger partial charge in [-0.05, 0) is 30.5 Å². The van der Waals surface area contributed by atoms with Crippen molar-refractivity contribution < 1.29 is 4.74 Å². The second-order valence-corrected chi connectivity index (χ2v) is 5.74. The Hall–Kier alpha value is -0.860. The van der Waals surface area contributed by atoms with Crippen LogP contribution in [0.2, 0.25) is 0 Å². The molecule has 0 spiro atoms. The lowest BCUT2D eigenvalue weighted by Crippen LogP contribution is -2.25. The summed E-state index contributed by atoms with van der Waals surface area (Å²) in [6, 6.07) is 9.32. The molecule has 0 aromatic heterocycles. The minimum absolute atomic E-state index is 0.317. The topological polar surface area (TPSA) is 21.3 Å². The highest BCUT2D eigenvalue weighted by molar-refractivity contribution is 5.25. The molecule has 0 amide bonds. The van der Waals surface area contributed by atoms with Gasteiger partial charge in [0.1, 0.15) is 0 Å². The molecule has 1 aromatic carbocycles. The number of unbranched alkanes of at least 4 members (excludes halogenated alkanes) is 3. The number of benzene rings is 1. The van der Waals surface area contributed by atoms with Crippen molar-refractivity contribution in [3.8, 4) is 0 Å². The van der Waals surface area contributed by atoms with Gasteiger partial charge < -0.3 is 10.1 Å². The second-order valence-electron chi connectivity index (χ2n) is 5.74. The molecule has 0 saturated carbocycles. The minimum atomic E-state index is 0.317. The summed E-state index contributed by atoms with van der Waals surface area (Å²) in [5.41, 5.74) is 2.77. The molecule has 1 aromatic rings. The molecule has 0 radical (unpaired) electrons. The number of nitrogens with one attached hydrogen (secondary N) is 1. The summed E-state index contributed by atoms with van der Waals surface area (Å²) in [4.78, 5) is 0. The summed E-state index contributed by atoms with van der Waals surface area (Å²) in [6.45, 7) is 9.25. The van der Waals surface area contributed by atoms with Gasteiger partial charge in [0.25, 0.3) is 0 Å². The van der Waals surface area contributed by atoms with Crippen LogP contribution in [0.3, 0.4) is 0 Å². The second kappa shape index (κ2) is 11.8. The lowest BCUT2D eigenvalue weighted by Gasteiger charge is -2.19. The van der Waals surface area contributed by atoms with Crippen molar-refractivity contribution in [1.29, 1.82) is 0 Å². The minimum Gasteiger partial charge on any atom is -0.379 e. The lowest BCUT2D eigenvalue weighted by atomic mass is 10.0. The highest BCUT2D eigenvalue weighted by Gasteiger charge is 2.10. The molecule has 1 rings (SSSR count). The molecule has 0 bridgehead atoms. The molecular weight excluding hydrogens is 258 g/mol. The predicted molar refractivity (Wildman–Crippen MR) is 91.8 cm³/mol. The van der Waals surface area contributed by atoms with E-state index in [1.807, 2.05) is 0 Å². The zero-order valence-electron chi connectivity index (χ0n) is 14.2. The van der Waals surface area contributed by atoms with E-state index in [-0.39, 0.29) is 0 Å². The van der Waals surface area contributed by atoms with Crippen LogP contribution in [0.15, 0.2) is 24.3 Å². The summed E-state index contributed by atoms with van der Waals surface area (Å²) in [5.74, 6) is 0. The molecule has 1 unspecified atom stereocenters. The van der Waals surface area contributed by atoms with Crippen molar-refractivity contribution in [2.45, 2.75) is 65.3 Å². The third-order valence-electron chi connectivity index (χ3n) is 3.80. The first kappa shape index (κ1) is 18.2. The van der Waals surface area contributed by atoms with Crippen molar-refractivity contribution in [2.24, 2.45) is 0 Å². The number of aryl methyl sites for hydroxylation is 1. The Balaban J connectivity index is 2.40. The van der Waals surface area contributed by atoms with Crippen LogP contribution in [0.25, 0.3) is 0 Å². The molecule has 0 aliphatic rings. The first-order chi connectivity index (χ1) is 10.3.